The van der Waals surface area contributed by atoms with Gasteiger partial charge in [-0.25, -0.2) is 9.97 Å². The Morgan fingerprint density at radius 3 is 2.84 bits per heavy atom. The summed E-state index contributed by atoms with van der Waals surface area (Å²) < 4.78 is 12.7. The minimum atomic E-state index is -0.778. The van der Waals surface area contributed by atoms with E-state index in [1.165, 1.54) is 0 Å². The van der Waals surface area contributed by atoms with E-state index in [0.717, 1.165) is 58.9 Å². The number of hydrogen-bond donors (Lipinski definition) is 2. The highest BCUT2D eigenvalue weighted by molar-refractivity contribution is 5.87. The number of rotatable bonds is 10. The highest BCUT2D eigenvalue weighted by atomic mass is 16.7. The van der Waals surface area contributed by atoms with Crippen LogP contribution in [-0.4, -0.2) is 37.6 Å². The molecule has 164 valence electrons. The van der Waals surface area contributed by atoms with Gasteiger partial charge < -0.3 is 19.9 Å². The van der Waals surface area contributed by atoms with E-state index in [0.29, 0.717) is 25.2 Å². The lowest BCUT2D eigenvalue weighted by molar-refractivity contribution is -0.137. The maximum absolute atomic E-state index is 10.8. The van der Waals surface area contributed by atoms with E-state index in [-0.39, 0.29) is 13.2 Å². The highest BCUT2D eigenvalue weighted by Crippen LogP contribution is 2.33. The van der Waals surface area contributed by atoms with E-state index in [4.69, 9.17) is 24.5 Å². The van der Waals surface area contributed by atoms with Gasteiger partial charge in [-0.1, -0.05) is 19.4 Å². The summed E-state index contributed by atoms with van der Waals surface area (Å²) in [4.78, 5) is 20.3. The van der Waals surface area contributed by atoms with Crippen LogP contribution in [0.25, 0.3) is 11.0 Å². The molecule has 0 radical (unpaired) electrons. The molecular formula is C22H27N5O4. The van der Waals surface area contributed by atoms with Gasteiger partial charge in [-0.05, 0) is 37.0 Å². The summed E-state index contributed by atoms with van der Waals surface area (Å²) in [5.74, 6) is 2.16. The smallest absolute Gasteiger partial charge is 0.303 e. The number of nitrogens with zero attached hydrogens (tertiary/aromatic N) is 4. The normalized spacial score (nSPS) is 12.5. The van der Waals surface area contributed by atoms with E-state index in [9.17, 15) is 4.79 Å². The molecule has 2 N–H and O–H groups in total. The third kappa shape index (κ3) is 4.70. The minimum absolute atomic E-state index is 0.158. The first-order chi connectivity index (χ1) is 15.0. The fourth-order valence-electron chi connectivity index (χ4n) is 3.72. The predicted octanol–water partition coefficient (Wildman–Crippen LogP) is 3.45. The van der Waals surface area contributed by atoms with Crippen molar-refractivity contribution in [2.24, 2.45) is 7.05 Å². The number of carboxylic acid groups (broad SMARTS) is 1. The molecule has 0 amide bonds. The molecule has 0 saturated carbocycles. The first-order valence-corrected chi connectivity index (χ1v) is 10.6. The molecule has 9 nitrogen and oxygen atoms in total. The van der Waals surface area contributed by atoms with Gasteiger partial charge in [0.2, 0.25) is 6.79 Å². The predicted molar refractivity (Wildman–Crippen MR) is 115 cm³/mol. The second-order valence-corrected chi connectivity index (χ2v) is 7.65. The fourth-order valence-corrected chi connectivity index (χ4v) is 3.72. The van der Waals surface area contributed by atoms with E-state index < -0.39 is 5.97 Å². The average molecular weight is 425 g/mol. The number of hydrogen-bond acceptors (Lipinski definition) is 7. The highest BCUT2D eigenvalue weighted by Gasteiger charge is 2.18. The van der Waals surface area contributed by atoms with E-state index in [1.807, 2.05) is 29.9 Å². The second kappa shape index (κ2) is 9.20. The van der Waals surface area contributed by atoms with E-state index >= 15 is 0 Å². The Bertz CT molecular complexity index is 1100. The maximum atomic E-state index is 10.8. The van der Waals surface area contributed by atoms with Crippen LogP contribution in [0.2, 0.25) is 0 Å². The molecular weight excluding hydrogens is 398 g/mol. The van der Waals surface area contributed by atoms with Crippen LogP contribution in [0.4, 0.5) is 5.82 Å². The largest absolute Gasteiger partial charge is 0.481 e. The summed E-state index contributed by atoms with van der Waals surface area (Å²) in [6.07, 6.45) is 3.93. The van der Waals surface area contributed by atoms with Gasteiger partial charge in [0.1, 0.15) is 16.9 Å². The number of carboxylic acids is 1. The molecule has 0 spiro atoms. The number of nitrogens with one attached hydrogen (secondary N) is 1. The number of fused-ring (bicyclic) bond motifs is 2. The van der Waals surface area contributed by atoms with Crippen LogP contribution in [0.5, 0.6) is 11.5 Å². The molecule has 9 heteroatoms. The van der Waals surface area contributed by atoms with Crippen molar-refractivity contribution in [3.8, 4) is 11.5 Å². The summed E-state index contributed by atoms with van der Waals surface area (Å²) in [5.41, 5.74) is 3.74. The molecule has 2 aromatic heterocycles. The minimum Gasteiger partial charge on any atom is -0.481 e. The number of benzene rings is 1. The van der Waals surface area contributed by atoms with Crippen molar-refractivity contribution in [2.75, 3.05) is 12.1 Å². The molecule has 1 aliphatic rings. The van der Waals surface area contributed by atoms with Gasteiger partial charge in [0.05, 0.1) is 5.69 Å². The van der Waals surface area contributed by atoms with Crippen molar-refractivity contribution in [1.29, 1.82) is 0 Å². The first kappa shape index (κ1) is 20.9. The van der Waals surface area contributed by atoms with Gasteiger partial charge in [0, 0.05) is 26.4 Å². The summed E-state index contributed by atoms with van der Waals surface area (Å²) in [5, 5.41) is 17.0. The molecule has 1 aliphatic heterocycles. The van der Waals surface area contributed by atoms with Crippen LogP contribution in [0, 0.1) is 0 Å². The number of ether oxygens (including phenoxy) is 2. The molecule has 0 bridgehead atoms. The van der Waals surface area contributed by atoms with Crippen molar-refractivity contribution in [3.05, 3.63) is 35.3 Å². The van der Waals surface area contributed by atoms with Gasteiger partial charge in [-0.15, -0.1) is 0 Å². The summed E-state index contributed by atoms with van der Waals surface area (Å²) in [7, 11) is 1.91. The number of aromatic nitrogens is 4. The summed E-state index contributed by atoms with van der Waals surface area (Å²) in [6.45, 7) is 2.93. The van der Waals surface area contributed by atoms with Crippen LogP contribution < -0.4 is 14.8 Å². The van der Waals surface area contributed by atoms with Crippen LogP contribution >= 0.6 is 0 Å². The number of aryl methyl sites for hydroxylation is 3. The Balaban J connectivity index is 1.59. The van der Waals surface area contributed by atoms with E-state index in [1.54, 1.807) is 0 Å². The maximum Gasteiger partial charge on any atom is 0.303 e. The van der Waals surface area contributed by atoms with E-state index in [2.05, 4.69) is 17.3 Å². The number of unbranched alkanes of at least 4 members (excludes halogenated alkanes) is 1. The van der Waals surface area contributed by atoms with Crippen LogP contribution in [0.1, 0.15) is 49.7 Å². The third-order valence-electron chi connectivity index (χ3n) is 5.22. The van der Waals surface area contributed by atoms with Gasteiger partial charge >= 0.3 is 5.97 Å². The number of aliphatic carboxylic acids is 1. The molecule has 1 aromatic carbocycles. The standard InChI is InChI=1S/C22H27N5O4/c1-3-6-15-20-21(27(2)26-15)22(25-18(24-20)7-4-5-8-19(28)29)23-12-14-9-10-16-17(11-14)31-13-30-16/h9-11H,3-8,12-13H2,1-2H3,(H,28,29)(H,23,24,25). The molecule has 0 fully saturated rings. The molecule has 31 heavy (non-hydrogen) atoms. The van der Waals surface area contributed by atoms with Crippen molar-refractivity contribution in [1.82, 2.24) is 19.7 Å². The Morgan fingerprint density at radius 1 is 1.19 bits per heavy atom. The molecule has 0 aliphatic carbocycles. The zero-order chi connectivity index (χ0) is 21.8. The molecule has 3 heterocycles. The lowest BCUT2D eigenvalue weighted by atomic mass is 10.1. The van der Waals surface area contributed by atoms with Crippen molar-refractivity contribution in [3.63, 3.8) is 0 Å². The molecule has 3 aromatic rings. The van der Waals surface area contributed by atoms with Crippen LogP contribution in [0.15, 0.2) is 18.2 Å². The molecule has 4 rings (SSSR count). The Hall–Kier alpha value is -3.36. The fraction of sp³-hybridized carbons (Fsp3) is 0.455. The zero-order valence-electron chi connectivity index (χ0n) is 17.8. The van der Waals surface area contributed by atoms with Crippen molar-refractivity contribution < 1.29 is 19.4 Å². The Kier molecular flexibility index (Phi) is 6.20. The number of carbonyl (C=O) groups is 1. The van der Waals surface area contributed by atoms with Gasteiger partial charge in [0.25, 0.3) is 0 Å². The van der Waals surface area contributed by atoms with Gasteiger partial charge in [-0.3, -0.25) is 9.48 Å². The molecule has 0 saturated heterocycles. The summed E-state index contributed by atoms with van der Waals surface area (Å²) >= 11 is 0. The second-order valence-electron chi connectivity index (χ2n) is 7.65. The Morgan fingerprint density at radius 2 is 2.03 bits per heavy atom. The van der Waals surface area contributed by atoms with Gasteiger partial charge in [-0.2, -0.15) is 5.10 Å². The van der Waals surface area contributed by atoms with Crippen LogP contribution in [-0.2, 0) is 31.2 Å². The lowest BCUT2D eigenvalue weighted by Crippen LogP contribution is -2.07. The Labute approximate surface area is 180 Å². The molecule has 0 atom stereocenters. The molecule has 0 unspecified atom stereocenters. The SMILES string of the molecule is CCCc1nn(C)c2c(NCc3ccc4c(c3)OCO4)nc(CCCCC(=O)O)nc12. The lowest BCUT2D eigenvalue weighted by Gasteiger charge is -2.11. The van der Waals surface area contributed by atoms with Gasteiger partial charge in [0.15, 0.2) is 17.3 Å². The monoisotopic (exact) mass is 425 g/mol. The average Bonchev–Trinajstić information content (AvgIpc) is 3.34. The quantitative estimate of drug-likeness (QED) is 0.475. The third-order valence-corrected chi connectivity index (χ3v) is 5.22. The first-order valence-electron chi connectivity index (χ1n) is 10.6. The zero-order valence-corrected chi connectivity index (χ0v) is 17.8. The number of anilines is 1. The van der Waals surface area contributed by atoms with Crippen LogP contribution in [0.3, 0.4) is 0 Å². The van der Waals surface area contributed by atoms with Crippen molar-refractivity contribution >= 4 is 22.8 Å². The summed E-state index contributed by atoms with van der Waals surface area (Å²) in [6, 6.07) is 5.87. The topological polar surface area (TPSA) is 111 Å². The van der Waals surface area contributed by atoms with Crippen molar-refractivity contribution in [2.45, 2.75) is 52.0 Å².